The van der Waals surface area contributed by atoms with Crippen molar-refractivity contribution in [1.82, 2.24) is 9.47 Å². The number of carbonyl (C=O) groups excluding carboxylic acids is 2. The maximum absolute atomic E-state index is 13.5. The van der Waals surface area contributed by atoms with Crippen molar-refractivity contribution in [2.24, 2.45) is 0 Å². The molecule has 30 heavy (non-hydrogen) atoms. The van der Waals surface area contributed by atoms with Gasteiger partial charge in [0, 0.05) is 30.0 Å². The largest absolute Gasteiger partial charge is 0.332 e. The molecule has 0 radical (unpaired) electrons. The van der Waals surface area contributed by atoms with Gasteiger partial charge in [0.1, 0.15) is 5.00 Å². The molecule has 2 amide bonds. The summed E-state index contributed by atoms with van der Waals surface area (Å²) in [6.07, 6.45) is 8.17. The molecule has 0 unspecified atom stereocenters. The van der Waals surface area contributed by atoms with Crippen LogP contribution in [0.1, 0.15) is 44.8 Å². The number of rotatable bonds is 5. The van der Waals surface area contributed by atoms with E-state index in [0.29, 0.717) is 0 Å². The number of anilines is 1. The normalized spacial score (nSPS) is 13.0. The van der Waals surface area contributed by atoms with E-state index in [-0.39, 0.29) is 18.4 Å². The van der Waals surface area contributed by atoms with Crippen LogP contribution in [0.4, 0.5) is 5.69 Å². The minimum Gasteiger partial charge on any atom is -0.332 e. The van der Waals surface area contributed by atoms with Crippen molar-refractivity contribution >= 4 is 28.8 Å². The van der Waals surface area contributed by atoms with E-state index in [1.54, 1.807) is 18.4 Å². The molecule has 3 aromatic rings. The number of benzene rings is 1. The summed E-state index contributed by atoms with van der Waals surface area (Å²) < 4.78 is 2.01. The van der Waals surface area contributed by atoms with Crippen molar-refractivity contribution in [3.8, 4) is 5.00 Å². The summed E-state index contributed by atoms with van der Waals surface area (Å²) in [4.78, 5) is 29.0. The van der Waals surface area contributed by atoms with Gasteiger partial charge in [-0.25, -0.2) is 0 Å². The van der Waals surface area contributed by atoms with Gasteiger partial charge in [-0.2, -0.15) is 0 Å². The van der Waals surface area contributed by atoms with Crippen LogP contribution in [0.3, 0.4) is 0 Å². The Balaban J connectivity index is 1.57. The molecule has 6 heteroatoms. The number of likely N-dealkylation sites (N-methyl/N-ethyl adjacent to an activating group) is 1. The fourth-order valence-corrected chi connectivity index (χ4v) is 5.44. The fraction of sp³-hybridized carbons (Fsp3) is 0.333. The van der Waals surface area contributed by atoms with Crippen LogP contribution in [-0.4, -0.2) is 34.9 Å². The Labute approximate surface area is 181 Å². The van der Waals surface area contributed by atoms with Gasteiger partial charge in [-0.15, -0.1) is 11.3 Å². The summed E-state index contributed by atoms with van der Waals surface area (Å²) in [5.74, 6) is -0.274. The van der Waals surface area contributed by atoms with E-state index in [4.69, 9.17) is 0 Å². The summed E-state index contributed by atoms with van der Waals surface area (Å²) in [5.41, 5.74) is 4.78. The van der Waals surface area contributed by atoms with Gasteiger partial charge in [-0.3, -0.25) is 9.59 Å². The Kier molecular flexibility index (Phi) is 5.77. The Morgan fingerprint density at radius 3 is 2.43 bits per heavy atom. The van der Waals surface area contributed by atoms with E-state index in [0.717, 1.165) is 46.6 Å². The number of aryl methyl sites for hydroxylation is 3. The van der Waals surface area contributed by atoms with Gasteiger partial charge in [-0.05, 0) is 68.4 Å². The maximum atomic E-state index is 13.5. The molecule has 1 N–H and O–H groups in total. The van der Waals surface area contributed by atoms with Crippen LogP contribution in [0.5, 0.6) is 0 Å². The van der Waals surface area contributed by atoms with Crippen LogP contribution in [0.25, 0.3) is 5.00 Å². The highest BCUT2D eigenvalue weighted by molar-refractivity contribution is 7.15. The first-order valence-electron chi connectivity index (χ1n) is 10.3. The monoisotopic (exact) mass is 421 g/mol. The lowest BCUT2D eigenvalue weighted by Crippen LogP contribution is -2.36. The Morgan fingerprint density at radius 1 is 1.07 bits per heavy atom. The number of fused-ring (bicyclic) bond motifs is 1. The molecule has 0 bridgehead atoms. The van der Waals surface area contributed by atoms with Crippen molar-refractivity contribution in [2.45, 2.75) is 39.5 Å². The highest BCUT2D eigenvalue weighted by Gasteiger charge is 2.28. The Bertz CT molecular complexity index is 1060. The van der Waals surface area contributed by atoms with E-state index in [1.165, 1.54) is 21.8 Å². The number of thiophene rings is 1. The lowest BCUT2D eigenvalue weighted by molar-refractivity contribution is -0.116. The third-order valence-electron chi connectivity index (χ3n) is 5.68. The molecule has 0 saturated carbocycles. The highest BCUT2D eigenvalue weighted by atomic mass is 32.1. The van der Waals surface area contributed by atoms with E-state index < -0.39 is 0 Å². The van der Waals surface area contributed by atoms with E-state index in [1.807, 2.05) is 61.1 Å². The van der Waals surface area contributed by atoms with Gasteiger partial charge in [0.25, 0.3) is 5.91 Å². The number of carbonyl (C=O) groups is 2. The van der Waals surface area contributed by atoms with Crippen molar-refractivity contribution in [1.29, 1.82) is 0 Å². The number of nitrogens with zero attached hydrogens (tertiary/aromatic N) is 2. The van der Waals surface area contributed by atoms with Gasteiger partial charge in [0.05, 0.1) is 12.1 Å². The first-order chi connectivity index (χ1) is 14.5. The van der Waals surface area contributed by atoms with E-state index in [9.17, 15) is 9.59 Å². The summed E-state index contributed by atoms with van der Waals surface area (Å²) in [7, 11) is 1.71. The second kappa shape index (κ2) is 8.48. The summed E-state index contributed by atoms with van der Waals surface area (Å²) >= 11 is 1.71. The van der Waals surface area contributed by atoms with Crippen LogP contribution < -0.4 is 5.32 Å². The number of para-hydroxylation sites is 1. The number of amides is 2. The number of hydrogen-bond acceptors (Lipinski definition) is 3. The van der Waals surface area contributed by atoms with Gasteiger partial charge in [-0.1, -0.05) is 18.2 Å². The van der Waals surface area contributed by atoms with Crippen LogP contribution in [0.2, 0.25) is 0 Å². The second-order valence-electron chi connectivity index (χ2n) is 7.96. The van der Waals surface area contributed by atoms with Crippen molar-refractivity contribution < 1.29 is 9.59 Å². The first kappa shape index (κ1) is 20.4. The zero-order chi connectivity index (χ0) is 21.3. The number of aromatic nitrogens is 1. The topological polar surface area (TPSA) is 54.3 Å². The molecule has 2 heterocycles. The lowest BCUT2D eigenvalue weighted by atomic mass is 9.95. The minimum absolute atomic E-state index is 0.0162. The minimum atomic E-state index is -0.185. The third kappa shape index (κ3) is 3.92. The molecule has 4 rings (SSSR count). The number of hydrogen-bond donors (Lipinski definition) is 1. The molecular weight excluding hydrogens is 394 g/mol. The third-order valence-corrected chi connectivity index (χ3v) is 6.98. The van der Waals surface area contributed by atoms with Gasteiger partial charge >= 0.3 is 0 Å². The summed E-state index contributed by atoms with van der Waals surface area (Å²) in [6.45, 7) is 3.96. The molecular formula is C24H27N3O2S. The zero-order valence-electron chi connectivity index (χ0n) is 17.7. The van der Waals surface area contributed by atoms with Gasteiger partial charge < -0.3 is 14.8 Å². The maximum Gasteiger partial charge on any atom is 0.257 e. The van der Waals surface area contributed by atoms with Crippen LogP contribution in [0, 0.1) is 13.8 Å². The lowest BCUT2D eigenvalue weighted by Gasteiger charge is -2.20. The summed E-state index contributed by atoms with van der Waals surface area (Å²) in [5, 5.41) is 3.94. The van der Waals surface area contributed by atoms with E-state index >= 15 is 0 Å². The quantitative estimate of drug-likeness (QED) is 0.647. The molecule has 0 aliphatic heterocycles. The Hall–Kier alpha value is -2.86. The van der Waals surface area contributed by atoms with Crippen LogP contribution in [0.15, 0.2) is 42.7 Å². The standard InChI is InChI=1S/C24H27N3O2S/c1-16-9-8-10-17(2)22(16)25-20(28)15-26(3)23(29)21-18-11-4-5-12-19(18)30-24(21)27-13-6-7-14-27/h6-10,13-14H,4-5,11-12,15H2,1-3H3,(H,25,28). The highest BCUT2D eigenvalue weighted by Crippen LogP contribution is 2.37. The average molecular weight is 422 g/mol. The predicted molar refractivity (Wildman–Crippen MR) is 122 cm³/mol. The van der Waals surface area contributed by atoms with E-state index in [2.05, 4.69) is 5.32 Å². The molecule has 5 nitrogen and oxygen atoms in total. The molecule has 0 saturated heterocycles. The Morgan fingerprint density at radius 2 is 1.73 bits per heavy atom. The molecule has 0 fully saturated rings. The van der Waals surface area contributed by atoms with Crippen molar-refractivity contribution in [3.63, 3.8) is 0 Å². The molecule has 156 valence electrons. The molecule has 0 spiro atoms. The second-order valence-corrected chi connectivity index (χ2v) is 9.04. The average Bonchev–Trinajstić information content (AvgIpc) is 3.37. The molecule has 1 aliphatic rings. The smallest absolute Gasteiger partial charge is 0.257 e. The van der Waals surface area contributed by atoms with Crippen LogP contribution >= 0.6 is 11.3 Å². The zero-order valence-corrected chi connectivity index (χ0v) is 18.5. The molecule has 2 aromatic heterocycles. The SMILES string of the molecule is Cc1cccc(C)c1NC(=O)CN(C)C(=O)c1c(-n2cccc2)sc2c1CCCC2. The fourth-order valence-electron chi connectivity index (χ4n) is 4.09. The predicted octanol–water partition coefficient (Wildman–Crippen LogP) is 4.75. The van der Waals surface area contributed by atoms with Gasteiger partial charge in [0.2, 0.25) is 5.91 Å². The van der Waals surface area contributed by atoms with Gasteiger partial charge in [0.15, 0.2) is 0 Å². The van der Waals surface area contributed by atoms with Crippen molar-refractivity contribution in [2.75, 3.05) is 18.9 Å². The first-order valence-corrected chi connectivity index (χ1v) is 11.2. The summed E-state index contributed by atoms with van der Waals surface area (Å²) in [6, 6.07) is 9.85. The molecule has 0 atom stereocenters. The van der Waals surface area contributed by atoms with Crippen molar-refractivity contribution in [3.05, 3.63) is 69.9 Å². The molecule has 1 aliphatic carbocycles. The van der Waals surface area contributed by atoms with Crippen LogP contribution in [-0.2, 0) is 17.6 Å². The molecule has 1 aromatic carbocycles. The number of nitrogens with one attached hydrogen (secondary N) is 1.